The Hall–Kier alpha value is -2.21. The molecule has 2 rings (SSSR count). The van der Waals surface area contributed by atoms with E-state index in [1.165, 1.54) is 17.3 Å². The van der Waals surface area contributed by atoms with Gasteiger partial charge in [-0.15, -0.1) is 11.8 Å². The van der Waals surface area contributed by atoms with E-state index < -0.39 is 5.97 Å². The van der Waals surface area contributed by atoms with Crippen molar-refractivity contribution < 1.29 is 18.7 Å². The van der Waals surface area contributed by atoms with Gasteiger partial charge in [-0.1, -0.05) is 17.7 Å². The molecule has 24 heavy (non-hydrogen) atoms. The monoisotopic (exact) mass is 347 g/mol. The molecule has 0 aliphatic carbocycles. The predicted molar refractivity (Wildman–Crippen MR) is 92.9 cm³/mol. The van der Waals surface area contributed by atoms with Crippen LogP contribution in [0, 0.1) is 13.8 Å². The van der Waals surface area contributed by atoms with Crippen LogP contribution in [0.4, 0.5) is 0 Å². The molecular formula is C18H21NO4S. The number of carbonyl (C=O) groups is 2. The molecule has 0 aliphatic rings. The molecule has 1 N–H and O–H groups in total. The van der Waals surface area contributed by atoms with Crippen molar-refractivity contribution >= 4 is 23.6 Å². The molecule has 0 radical (unpaired) electrons. The van der Waals surface area contributed by atoms with Gasteiger partial charge in [0.05, 0.1) is 18.1 Å². The zero-order valence-corrected chi connectivity index (χ0v) is 14.8. The van der Waals surface area contributed by atoms with Gasteiger partial charge in [0.15, 0.2) is 6.61 Å². The zero-order valence-electron chi connectivity index (χ0n) is 14.0. The number of esters is 1. The first-order valence-electron chi connectivity index (χ1n) is 7.64. The van der Waals surface area contributed by atoms with Crippen molar-refractivity contribution in [3.8, 4) is 0 Å². The summed E-state index contributed by atoms with van der Waals surface area (Å²) in [6.45, 7) is 5.54. The van der Waals surface area contributed by atoms with Gasteiger partial charge in [-0.3, -0.25) is 9.59 Å². The van der Waals surface area contributed by atoms with Crippen LogP contribution in [-0.2, 0) is 14.3 Å². The summed E-state index contributed by atoms with van der Waals surface area (Å²) in [7, 11) is 0. The van der Waals surface area contributed by atoms with Gasteiger partial charge in [0.25, 0.3) is 5.91 Å². The molecule has 1 aromatic heterocycles. The average molecular weight is 347 g/mol. The van der Waals surface area contributed by atoms with Gasteiger partial charge >= 0.3 is 5.97 Å². The van der Waals surface area contributed by atoms with E-state index in [0.717, 1.165) is 10.5 Å². The molecule has 1 heterocycles. The molecule has 128 valence electrons. The van der Waals surface area contributed by atoms with Gasteiger partial charge in [0, 0.05) is 4.90 Å². The van der Waals surface area contributed by atoms with Crippen molar-refractivity contribution in [2.45, 2.75) is 31.7 Å². The molecule has 0 saturated carbocycles. The van der Waals surface area contributed by atoms with Gasteiger partial charge in [0.2, 0.25) is 0 Å². The fourth-order valence-corrected chi connectivity index (χ4v) is 2.99. The van der Waals surface area contributed by atoms with E-state index >= 15 is 0 Å². The number of hydrogen-bond acceptors (Lipinski definition) is 5. The first-order valence-corrected chi connectivity index (χ1v) is 8.62. The van der Waals surface area contributed by atoms with Crippen LogP contribution in [0.2, 0.25) is 0 Å². The second-order valence-electron chi connectivity index (χ2n) is 5.52. The Bertz CT molecular complexity index is 697. The Morgan fingerprint density at radius 1 is 1.29 bits per heavy atom. The molecule has 1 atom stereocenters. The largest absolute Gasteiger partial charge is 0.467 e. The van der Waals surface area contributed by atoms with Gasteiger partial charge in [0.1, 0.15) is 5.76 Å². The lowest BCUT2D eigenvalue weighted by molar-refractivity contribution is -0.146. The maximum absolute atomic E-state index is 11.8. The van der Waals surface area contributed by atoms with Crippen molar-refractivity contribution in [2.24, 2.45) is 0 Å². The molecule has 0 fully saturated rings. The summed E-state index contributed by atoms with van der Waals surface area (Å²) in [5, 5.41) is 2.71. The van der Waals surface area contributed by atoms with Crippen molar-refractivity contribution in [3.05, 3.63) is 53.5 Å². The topological polar surface area (TPSA) is 68.5 Å². The molecule has 0 aliphatic heterocycles. The van der Waals surface area contributed by atoms with Crippen LogP contribution < -0.4 is 5.32 Å². The first-order chi connectivity index (χ1) is 11.5. The first kappa shape index (κ1) is 18.1. The molecule has 2 aromatic rings. The lowest BCUT2D eigenvalue weighted by Crippen LogP contribution is -2.31. The third-order valence-corrected chi connectivity index (χ3v) is 4.54. The summed E-state index contributed by atoms with van der Waals surface area (Å²) < 4.78 is 10.2. The summed E-state index contributed by atoms with van der Waals surface area (Å²) in [6.07, 6.45) is 1.54. The minimum Gasteiger partial charge on any atom is -0.467 e. The van der Waals surface area contributed by atoms with E-state index in [1.54, 1.807) is 25.3 Å². The number of carbonyl (C=O) groups excluding carboxylic acids is 2. The highest BCUT2D eigenvalue weighted by atomic mass is 32.2. The Balaban J connectivity index is 1.71. The van der Waals surface area contributed by atoms with E-state index in [0.29, 0.717) is 5.76 Å². The standard InChI is InChI=1S/C18H21NO4S/c1-12-6-7-16(13(2)9-12)24-11-18(21)23-10-17(20)19-14(3)15-5-4-8-22-15/h4-9,14H,10-11H2,1-3H3,(H,19,20)/t14-/m0/s1. The number of furan rings is 1. The maximum Gasteiger partial charge on any atom is 0.316 e. The Kier molecular flexibility index (Phi) is 6.49. The second-order valence-corrected chi connectivity index (χ2v) is 6.54. The highest BCUT2D eigenvalue weighted by Gasteiger charge is 2.14. The summed E-state index contributed by atoms with van der Waals surface area (Å²) >= 11 is 1.41. The van der Waals surface area contributed by atoms with Crippen LogP contribution in [0.15, 0.2) is 45.9 Å². The SMILES string of the molecule is Cc1ccc(SCC(=O)OCC(=O)N[C@@H](C)c2ccco2)c(C)c1. The summed E-state index contributed by atoms with van der Waals surface area (Å²) in [5.74, 6) is 0.0508. The molecule has 6 heteroatoms. The smallest absolute Gasteiger partial charge is 0.316 e. The third-order valence-electron chi connectivity index (χ3n) is 3.39. The number of thioether (sulfide) groups is 1. The van der Waals surface area contributed by atoms with E-state index in [2.05, 4.69) is 11.4 Å². The molecule has 0 unspecified atom stereocenters. The molecule has 0 saturated heterocycles. The fourth-order valence-electron chi connectivity index (χ4n) is 2.18. The zero-order chi connectivity index (χ0) is 17.5. The van der Waals surface area contributed by atoms with Crippen molar-refractivity contribution in [1.29, 1.82) is 0 Å². The fraction of sp³-hybridized carbons (Fsp3) is 0.333. The Morgan fingerprint density at radius 3 is 2.75 bits per heavy atom. The Morgan fingerprint density at radius 2 is 2.08 bits per heavy atom. The van der Waals surface area contributed by atoms with Crippen molar-refractivity contribution in [1.82, 2.24) is 5.32 Å². The van der Waals surface area contributed by atoms with Gasteiger partial charge in [-0.05, 0) is 44.5 Å². The highest BCUT2D eigenvalue weighted by Crippen LogP contribution is 2.23. The number of nitrogens with one attached hydrogen (secondary N) is 1. The minimum atomic E-state index is -0.416. The molecular weight excluding hydrogens is 326 g/mol. The van der Waals surface area contributed by atoms with Gasteiger partial charge in [-0.25, -0.2) is 0 Å². The van der Waals surface area contributed by atoms with Crippen LogP contribution in [0.3, 0.4) is 0 Å². The minimum absolute atomic E-state index is 0.172. The quantitative estimate of drug-likeness (QED) is 0.614. The number of ether oxygens (including phenoxy) is 1. The molecule has 5 nitrogen and oxygen atoms in total. The lowest BCUT2D eigenvalue weighted by atomic mass is 10.2. The van der Waals surface area contributed by atoms with Gasteiger partial charge in [-0.2, -0.15) is 0 Å². The average Bonchev–Trinajstić information content (AvgIpc) is 3.06. The van der Waals surface area contributed by atoms with E-state index in [9.17, 15) is 9.59 Å². The van der Waals surface area contributed by atoms with Crippen molar-refractivity contribution in [2.75, 3.05) is 12.4 Å². The molecule has 1 amide bonds. The normalized spacial score (nSPS) is 11.8. The number of amides is 1. The van der Waals surface area contributed by atoms with E-state index in [4.69, 9.17) is 9.15 Å². The van der Waals surface area contributed by atoms with E-state index in [-0.39, 0.29) is 24.3 Å². The number of benzene rings is 1. The second kappa shape index (κ2) is 8.59. The van der Waals surface area contributed by atoms with E-state index in [1.807, 2.05) is 26.0 Å². The van der Waals surface area contributed by atoms with Crippen LogP contribution >= 0.6 is 11.8 Å². The lowest BCUT2D eigenvalue weighted by Gasteiger charge is -2.11. The van der Waals surface area contributed by atoms with Crippen LogP contribution in [0.1, 0.15) is 29.9 Å². The van der Waals surface area contributed by atoms with Crippen LogP contribution in [0.5, 0.6) is 0 Å². The maximum atomic E-state index is 11.8. The highest BCUT2D eigenvalue weighted by molar-refractivity contribution is 8.00. The Labute approximate surface area is 145 Å². The van der Waals surface area contributed by atoms with Gasteiger partial charge < -0.3 is 14.5 Å². The number of hydrogen-bond donors (Lipinski definition) is 1. The summed E-state index contributed by atoms with van der Waals surface area (Å²) in [5.41, 5.74) is 2.31. The molecule has 1 aromatic carbocycles. The predicted octanol–water partition coefficient (Wildman–Crippen LogP) is 3.41. The summed E-state index contributed by atoms with van der Waals surface area (Å²) in [6, 6.07) is 9.32. The molecule has 0 bridgehead atoms. The number of rotatable bonds is 7. The third kappa shape index (κ3) is 5.45. The van der Waals surface area contributed by atoms with Crippen LogP contribution in [0.25, 0.3) is 0 Å². The number of aryl methyl sites for hydroxylation is 2. The molecule has 0 spiro atoms. The summed E-state index contributed by atoms with van der Waals surface area (Å²) in [4.78, 5) is 24.6. The van der Waals surface area contributed by atoms with Crippen LogP contribution in [-0.4, -0.2) is 24.2 Å². The van der Waals surface area contributed by atoms with Crippen molar-refractivity contribution in [3.63, 3.8) is 0 Å².